The Morgan fingerprint density at radius 1 is 0.957 bits per heavy atom. The van der Waals surface area contributed by atoms with Crippen molar-refractivity contribution in [2.75, 3.05) is 39.3 Å². The first-order valence-corrected chi connectivity index (χ1v) is 16.6. The molecule has 252 valence electrons. The Bertz CT molecular complexity index is 1460. The molecule has 0 radical (unpaired) electrons. The van der Waals surface area contributed by atoms with Crippen LogP contribution in [0.2, 0.25) is 0 Å². The molecule has 2 aliphatic rings. The van der Waals surface area contributed by atoms with E-state index in [1.165, 1.54) is 12.1 Å². The molecule has 47 heavy (non-hydrogen) atoms. The molecule has 11 heteroatoms. The zero-order valence-electron chi connectivity index (χ0n) is 27.9. The van der Waals surface area contributed by atoms with E-state index in [0.29, 0.717) is 51.8 Å². The lowest BCUT2D eigenvalue weighted by atomic mass is 9.72. The number of carbonyl (C=O) groups is 3. The molecule has 1 unspecified atom stereocenters. The van der Waals surface area contributed by atoms with Crippen LogP contribution in [-0.4, -0.2) is 77.7 Å². The highest BCUT2D eigenvalue weighted by atomic mass is 16.6. The van der Waals surface area contributed by atoms with Gasteiger partial charge in [0.05, 0.1) is 34.3 Å². The maximum atomic E-state index is 13.2. The fourth-order valence-electron chi connectivity index (χ4n) is 6.90. The molecule has 0 aliphatic carbocycles. The summed E-state index contributed by atoms with van der Waals surface area (Å²) in [6.45, 7) is 11.1. The molecule has 2 aromatic rings. The van der Waals surface area contributed by atoms with E-state index < -0.39 is 16.3 Å². The highest BCUT2D eigenvalue weighted by molar-refractivity contribution is 5.83. The van der Waals surface area contributed by atoms with E-state index in [0.717, 1.165) is 66.4 Å². The van der Waals surface area contributed by atoms with Crippen LogP contribution in [0.15, 0.2) is 77.4 Å². The topological polar surface area (TPSA) is 125 Å². The number of hydrogen-bond acceptors (Lipinski definition) is 8. The number of dihydropyridines is 1. The van der Waals surface area contributed by atoms with Crippen LogP contribution < -0.4 is 5.32 Å². The Morgan fingerprint density at radius 3 is 2.06 bits per heavy atom. The first kappa shape index (κ1) is 35.3. The van der Waals surface area contributed by atoms with Gasteiger partial charge in [-0.05, 0) is 76.7 Å². The van der Waals surface area contributed by atoms with Gasteiger partial charge in [-0.1, -0.05) is 56.3 Å². The van der Waals surface area contributed by atoms with Crippen molar-refractivity contribution in [3.8, 4) is 0 Å². The average molecular weight is 646 g/mol. The monoisotopic (exact) mass is 645 g/mol. The molecule has 11 nitrogen and oxygen atoms in total. The Hall–Kier alpha value is -4.51. The number of allylic oxidation sites excluding steroid dienone is 2. The van der Waals surface area contributed by atoms with Crippen LogP contribution in [0.25, 0.3) is 0 Å². The highest BCUT2D eigenvalue weighted by Gasteiger charge is 2.44. The molecule has 1 atom stereocenters. The van der Waals surface area contributed by atoms with Gasteiger partial charge in [0, 0.05) is 36.6 Å². The van der Waals surface area contributed by atoms with Gasteiger partial charge in [0.15, 0.2) is 0 Å². The summed E-state index contributed by atoms with van der Waals surface area (Å²) in [5, 5.41) is 15.0. The minimum Gasteiger partial charge on any atom is -0.465 e. The molecule has 0 saturated carbocycles. The summed E-state index contributed by atoms with van der Waals surface area (Å²) in [4.78, 5) is 55.0. The number of nitro groups is 1. The van der Waals surface area contributed by atoms with Crippen LogP contribution in [0.3, 0.4) is 0 Å². The van der Waals surface area contributed by atoms with Gasteiger partial charge in [-0.15, -0.1) is 0 Å². The normalized spacial score (nSPS) is 17.9. The molecule has 2 aliphatic heterocycles. The lowest BCUT2D eigenvalue weighted by molar-refractivity contribution is -0.384. The smallest absolute Gasteiger partial charge is 0.316 e. The van der Waals surface area contributed by atoms with Crippen molar-refractivity contribution < 1.29 is 24.0 Å². The molecule has 4 rings (SSSR count). The number of benzene rings is 2. The molecule has 1 N–H and O–H groups in total. The summed E-state index contributed by atoms with van der Waals surface area (Å²) in [5.41, 5.74) is 4.29. The number of likely N-dealkylation sites (tertiary alicyclic amines) is 1. The average Bonchev–Trinajstić information content (AvgIpc) is 3.11. The van der Waals surface area contributed by atoms with Crippen molar-refractivity contribution >= 4 is 24.5 Å². The molecule has 1 saturated heterocycles. The number of ether oxygens (including phenoxy) is 1. The summed E-state index contributed by atoms with van der Waals surface area (Å²) in [6.07, 6.45) is 4.88. The Morgan fingerprint density at radius 2 is 1.55 bits per heavy atom. The summed E-state index contributed by atoms with van der Waals surface area (Å²) < 4.78 is 5.54. The number of nitro benzene ring substituents is 1. The van der Waals surface area contributed by atoms with Crippen molar-refractivity contribution in [2.45, 2.75) is 71.1 Å². The number of hydrogen-bond donors (Lipinski definition) is 1. The number of likely N-dealkylation sites (N-methyl/N-ethyl adjacent to an activating group) is 1. The van der Waals surface area contributed by atoms with E-state index >= 15 is 0 Å². The fourth-order valence-corrected chi connectivity index (χ4v) is 6.90. The lowest BCUT2D eigenvalue weighted by Crippen LogP contribution is -2.48. The predicted octanol–water partition coefficient (Wildman–Crippen LogP) is 5.45. The van der Waals surface area contributed by atoms with Gasteiger partial charge in [0.25, 0.3) is 5.69 Å². The molecule has 2 aromatic carbocycles. The van der Waals surface area contributed by atoms with E-state index in [9.17, 15) is 24.5 Å². The number of amides is 2. The summed E-state index contributed by atoms with van der Waals surface area (Å²) in [7, 11) is 0. The van der Waals surface area contributed by atoms with Gasteiger partial charge in [-0.25, -0.2) is 0 Å². The summed E-state index contributed by atoms with van der Waals surface area (Å²) in [6, 6.07) is 16.2. The summed E-state index contributed by atoms with van der Waals surface area (Å²) in [5.74, 6) is -0.658. The molecule has 0 bridgehead atoms. The maximum Gasteiger partial charge on any atom is 0.316 e. The van der Waals surface area contributed by atoms with Crippen LogP contribution in [0, 0.1) is 10.1 Å². The second-order valence-electron chi connectivity index (χ2n) is 11.9. The number of rotatable bonds is 16. The number of esters is 1. The van der Waals surface area contributed by atoms with Gasteiger partial charge in [-0.2, -0.15) is 0 Å². The fraction of sp³-hybridized carbons (Fsp3) is 0.472. The van der Waals surface area contributed by atoms with E-state index in [1.807, 2.05) is 58.0 Å². The van der Waals surface area contributed by atoms with Gasteiger partial charge in [0.2, 0.25) is 12.8 Å². The van der Waals surface area contributed by atoms with Crippen molar-refractivity contribution in [3.63, 3.8) is 0 Å². The summed E-state index contributed by atoms with van der Waals surface area (Å²) >= 11 is 0. The van der Waals surface area contributed by atoms with Gasteiger partial charge in [0.1, 0.15) is 0 Å². The molecular weight excluding hydrogens is 598 g/mol. The van der Waals surface area contributed by atoms with Crippen molar-refractivity contribution in [1.29, 1.82) is 0 Å². The molecule has 2 heterocycles. The van der Waals surface area contributed by atoms with E-state index in [-0.39, 0.29) is 11.7 Å². The first-order valence-electron chi connectivity index (χ1n) is 16.6. The number of non-ortho nitro benzene ring substituents is 1. The van der Waals surface area contributed by atoms with E-state index in [1.54, 1.807) is 21.9 Å². The first-order chi connectivity index (χ1) is 22.8. The minimum absolute atomic E-state index is 0.0269. The van der Waals surface area contributed by atoms with E-state index in [2.05, 4.69) is 10.2 Å². The van der Waals surface area contributed by atoms with Crippen molar-refractivity contribution in [3.05, 3.63) is 98.6 Å². The Balaban J connectivity index is 1.57. The number of nitrogens with zero attached hydrogens (tertiary/aromatic N) is 4. The highest BCUT2D eigenvalue weighted by Crippen LogP contribution is 2.42. The third kappa shape index (κ3) is 7.56. The molecule has 2 amide bonds. The van der Waals surface area contributed by atoms with Crippen LogP contribution in [0.4, 0.5) is 5.69 Å². The van der Waals surface area contributed by atoms with Crippen LogP contribution in [0.1, 0.15) is 76.8 Å². The second-order valence-corrected chi connectivity index (χ2v) is 11.9. The number of nitrogens with one attached hydrogen (secondary N) is 1. The minimum atomic E-state index is -0.668. The second kappa shape index (κ2) is 16.4. The van der Waals surface area contributed by atoms with E-state index in [4.69, 9.17) is 4.74 Å². The standard InChI is InChI=1S/C36H47N5O6/c1-5-30-33(39(7-3)25-42)32(27-15-17-29(18-16-27)41(45)46)34(31(6-2)37-30)40(26-43)22-12-21-38-23-19-36(20-24-38,35(44)47-8-4)28-13-10-9-11-14-28/h9-11,13-18,25-26,32,37H,5-8,12,19-24H2,1-4H3. The number of carbonyl (C=O) groups excluding carboxylic acids is 3. The van der Waals surface area contributed by atoms with Crippen molar-refractivity contribution in [2.24, 2.45) is 0 Å². The van der Waals surface area contributed by atoms with Gasteiger partial charge in [-0.3, -0.25) is 24.5 Å². The van der Waals surface area contributed by atoms with Crippen LogP contribution in [-0.2, 0) is 24.5 Å². The number of piperidine rings is 1. The van der Waals surface area contributed by atoms with Crippen LogP contribution in [0.5, 0.6) is 0 Å². The van der Waals surface area contributed by atoms with Crippen molar-refractivity contribution in [1.82, 2.24) is 20.0 Å². The molecular formula is C36H47N5O6. The Kier molecular flexibility index (Phi) is 12.3. The zero-order chi connectivity index (χ0) is 34.0. The quantitative estimate of drug-likeness (QED) is 0.111. The SMILES string of the molecule is CCOC(=O)C1(c2ccccc2)CCN(CCCN(C=O)C2=C(CC)NC(CC)=C(N(C=O)CC)C2c2ccc([N+](=O)[O-])cc2)CC1. The molecule has 0 aromatic heterocycles. The third-order valence-electron chi connectivity index (χ3n) is 9.40. The van der Waals surface area contributed by atoms with Gasteiger partial charge >= 0.3 is 5.97 Å². The molecule has 0 spiro atoms. The Labute approximate surface area is 277 Å². The zero-order valence-corrected chi connectivity index (χ0v) is 27.9. The van der Waals surface area contributed by atoms with Crippen LogP contribution >= 0.6 is 0 Å². The lowest BCUT2D eigenvalue weighted by Gasteiger charge is -2.41. The molecule has 1 fully saturated rings. The third-order valence-corrected chi connectivity index (χ3v) is 9.40. The largest absolute Gasteiger partial charge is 0.465 e. The maximum absolute atomic E-state index is 13.2. The predicted molar refractivity (Wildman–Crippen MR) is 180 cm³/mol. The van der Waals surface area contributed by atoms with Gasteiger partial charge < -0.3 is 24.8 Å².